The summed E-state index contributed by atoms with van der Waals surface area (Å²) in [5.74, 6) is 0.898. The minimum atomic E-state index is 0.570. The van der Waals surface area contributed by atoms with Gasteiger partial charge in [0, 0.05) is 17.2 Å². The van der Waals surface area contributed by atoms with Crippen LogP contribution in [0.3, 0.4) is 0 Å². The quantitative estimate of drug-likeness (QED) is 0.642. The van der Waals surface area contributed by atoms with Gasteiger partial charge >= 0.3 is 0 Å². The predicted molar refractivity (Wildman–Crippen MR) is 72.9 cm³/mol. The Balaban J connectivity index is 2.16. The second kappa shape index (κ2) is 5.19. The SMILES string of the molecule is C=C(CN)CSc1ccc2ccccc2c1. The number of nitrogens with two attached hydrogens (primary N) is 1. The molecule has 2 N–H and O–H groups in total. The summed E-state index contributed by atoms with van der Waals surface area (Å²) in [6.07, 6.45) is 0. The lowest BCUT2D eigenvalue weighted by atomic mass is 10.1. The summed E-state index contributed by atoms with van der Waals surface area (Å²) in [4.78, 5) is 1.27. The van der Waals surface area contributed by atoms with Crippen molar-refractivity contribution < 1.29 is 0 Å². The molecular formula is C14H15NS. The largest absolute Gasteiger partial charge is 0.327 e. The third-order valence-electron chi connectivity index (χ3n) is 2.45. The van der Waals surface area contributed by atoms with Crippen LogP contribution in [0.25, 0.3) is 10.8 Å². The Kier molecular flexibility index (Phi) is 3.65. The van der Waals surface area contributed by atoms with Gasteiger partial charge in [0.15, 0.2) is 0 Å². The van der Waals surface area contributed by atoms with Gasteiger partial charge in [-0.25, -0.2) is 0 Å². The molecule has 1 nitrogen and oxygen atoms in total. The Morgan fingerprint density at radius 2 is 1.88 bits per heavy atom. The molecule has 0 aliphatic heterocycles. The molecule has 0 aliphatic rings. The molecule has 16 heavy (non-hydrogen) atoms. The van der Waals surface area contributed by atoms with Crippen LogP contribution in [-0.2, 0) is 0 Å². The topological polar surface area (TPSA) is 26.0 Å². The fourth-order valence-electron chi connectivity index (χ4n) is 1.50. The van der Waals surface area contributed by atoms with E-state index in [0.717, 1.165) is 11.3 Å². The number of hydrogen-bond acceptors (Lipinski definition) is 2. The van der Waals surface area contributed by atoms with E-state index in [0.29, 0.717) is 6.54 Å². The fraction of sp³-hybridized carbons (Fsp3) is 0.143. The monoisotopic (exact) mass is 229 g/mol. The lowest BCUT2D eigenvalue weighted by molar-refractivity contribution is 1.15. The molecule has 0 amide bonds. The van der Waals surface area contributed by atoms with Gasteiger partial charge in [-0.3, -0.25) is 0 Å². The second-order valence-electron chi connectivity index (χ2n) is 3.75. The normalized spacial score (nSPS) is 10.6. The van der Waals surface area contributed by atoms with E-state index in [1.165, 1.54) is 15.7 Å². The summed E-state index contributed by atoms with van der Waals surface area (Å²) >= 11 is 1.79. The van der Waals surface area contributed by atoms with Gasteiger partial charge in [0.2, 0.25) is 0 Å². The predicted octanol–water partition coefficient (Wildman–Crippen LogP) is 3.45. The molecule has 0 atom stereocenters. The molecule has 0 heterocycles. The van der Waals surface area contributed by atoms with Crippen LogP contribution in [0.4, 0.5) is 0 Å². The molecular weight excluding hydrogens is 214 g/mol. The standard InChI is InChI=1S/C14H15NS/c1-11(9-15)10-16-14-7-6-12-4-2-3-5-13(12)8-14/h2-8H,1,9-10,15H2. The van der Waals surface area contributed by atoms with Crippen LogP contribution in [0.5, 0.6) is 0 Å². The minimum absolute atomic E-state index is 0.570. The summed E-state index contributed by atoms with van der Waals surface area (Å²) in [5.41, 5.74) is 6.60. The summed E-state index contributed by atoms with van der Waals surface area (Å²) in [5, 5.41) is 2.57. The van der Waals surface area contributed by atoms with E-state index in [9.17, 15) is 0 Å². The molecule has 2 rings (SSSR count). The highest BCUT2D eigenvalue weighted by molar-refractivity contribution is 7.99. The van der Waals surface area contributed by atoms with Gasteiger partial charge in [-0.2, -0.15) is 0 Å². The van der Waals surface area contributed by atoms with Crippen molar-refractivity contribution in [1.82, 2.24) is 0 Å². The van der Waals surface area contributed by atoms with Gasteiger partial charge in [-0.15, -0.1) is 11.8 Å². The molecule has 0 radical (unpaired) electrons. The van der Waals surface area contributed by atoms with Crippen molar-refractivity contribution in [2.45, 2.75) is 4.90 Å². The average Bonchev–Trinajstić information content (AvgIpc) is 2.35. The maximum atomic E-state index is 5.51. The Bertz CT molecular complexity index is 505. The molecule has 0 aromatic heterocycles. The Hall–Kier alpha value is -1.25. The third-order valence-corrected chi connectivity index (χ3v) is 3.59. The first-order chi connectivity index (χ1) is 7.79. The number of benzene rings is 2. The molecule has 0 spiro atoms. The zero-order chi connectivity index (χ0) is 11.4. The van der Waals surface area contributed by atoms with Crippen LogP contribution in [0.2, 0.25) is 0 Å². The van der Waals surface area contributed by atoms with Gasteiger partial charge in [-0.1, -0.05) is 42.5 Å². The molecule has 0 fully saturated rings. The van der Waals surface area contributed by atoms with E-state index >= 15 is 0 Å². The van der Waals surface area contributed by atoms with E-state index in [1.807, 2.05) is 0 Å². The van der Waals surface area contributed by atoms with Crippen LogP contribution < -0.4 is 5.73 Å². The van der Waals surface area contributed by atoms with Crippen LogP contribution in [-0.4, -0.2) is 12.3 Å². The molecule has 82 valence electrons. The number of fused-ring (bicyclic) bond motifs is 1. The van der Waals surface area contributed by atoms with Crippen molar-refractivity contribution in [1.29, 1.82) is 0 Å². The van der Waals surface area contributed by atoms with Gasteiger partial charge in [0.1, 0.15) is 0 Å². The molecule has 0 saturated heterocycles. The van der Waals surface area contributed by atoms with Crippen LogP contribution in [0.1, 0.15) is 0 Å². The summed E-state index contributed by atoms with van der Waals surface area (Å²) in [6.45, 7) is 4.47. The molecule has 2 heteroatoms. The Labute approximate surface area is 100 Å². The lowest BCUT2D eigenvalue weighted by Gasteiger charge is -2.04. The van der Waals surface area contributed by atoms with Crippen molar-refractivity contribution in [3.63, 3.8) is 0 Å². The second-order valence-corrected chi connectivity index (χ2v) is 4.80. The highest BCUT2D eigenvalue weighted by Gasteiger charge is 1.98. The zero-order valence-corrected chi connectivity index (χ0v) is 9.96. The number of rotatable bonds is 4. The maximum Gasteiger partial charge on any atom is 0.0200 e. The van der Waals surface area contributed by atoms with E-state index < -0.39 is 0 Å². The van der Waals surface area contributed by atoms with Crippen LogP contribution in [0.15, 0.2) is 59.5 Å². The minimum Gasteiger partial charge on any atom is -0.327 e. The highest BCUT2D eigenvalue weighted by atomic mass is 32.2. The molecule has 0 unspecified atom stereocenters. The molecule has 2 aromatic carbocycles. The maximum absolute atomic E-state index is 5.51. The average molecular weight is 229 g/mol. The fourth-order valence-corrected chi connectivity index (χ4v) is 2.36. The van der Waals surface area contributed by atoms with Gasteiger partial charge in [-0.05, 0) is 22.9 Å². The first-order valence-electron chi connectivity index (χ1n) is 5.28. The molecule has 2 aromatic rings. The Morgan fingerprint density at radius 1 is 1.12 bits per heavy atom. The summed E-state index contributed by atoms with van der Waals surface area (Å²) in [7, 11) is 0. The van der Waals surface area contributed by atoms with Crippen molar-refractivity contribution in [3.8, 4) is 0 Å². The van der Waals surface area contributed by atoms with Crippen molar-refractivity contribution in [3.05, 3.63) is 54.6 Å². The van der Waals surface area contributed by atoms with Crippen LogP contribution >= 0.6 is 11.8 Å². The molecule has 0 bridgehead atoms. The van der Waals surface area contributed by atoms with Gasteiger partial charge in [0.05, 0.1) is 0 Å². The third kappa shape index (κ3) is 2.65. The number of hydrogen-bond donors (Lipinski definition) is 1. The van der Waals surface area contributed by atoms with Crippen LogP contribution in [0, 0.1) is 0 Å². The smallest absolute Gasteiger partial charge is 0.0200 e. The Morgan fingerprint density at radius 3 is 2.62 bits per heavy atom. The van der Waals surface area contributed by atoms with E-state index in [2.05, 4.69) is 49.0 Å². The zero-order valence-electron chi connectivity index (χ0n) is 9.15. The highest BCUT2D eigenvalue weighted by Crippen LogP contribution is 2.24. The van der Waals surface area contributed by atoms with Crippen molar-refractivity contribution in [2.24, 2.45) is 5.73 Å². The van der Waals surface area contributed by atoms with Crippen molar-refractivity contribution >= 4 is 22.5 Å². The van der Waals surface area contributed by atoms with E-state index in [-0.39, 0.29) is 0 Å². The summed E-state index contributed by atoms with van der Waals surface area (Å²) in [6, 6.07) is 14.9. The first-order valence-corrected chi connectivity index (χ1v) is 6.26. The number of thioether (sulfide) groups is 1. The van der Waals surface area contributed by atoms with Gasteiger partial charge in [0.25, 0.3) is 0 Å². The molecule has 0 saturated carbocycles. The lowest BCUT2D eigenvalue weighted by Crippen LogP contribution is -2.03. The van der Waals surface area contributed by atoms with E-state index in [1.54, 1.807) is 11.8 Å². The van der Waals surface area contributed by atoms with E-state index in [4.69, 9.17) is 5.73 Å². The first kappa shape index (κ1) is 11.2. The molecule has 0 aliphatic carbocycles. The summed E-state index contributed by atoms with van der Waals surface area (Å²) < 4.78 is 0. The van der Waals surface area contributed by atoms with Gasteiger partial charge < -0.3 is 5.73 Å². The van der Waals surface area contributed by atoms with Crippen molar-refractivity contribution in [2.75, 3.05) is 12.3 Å².